The fourth-order valence-corrected chi connectivity index (χ4v) is 2.45. The second kappa shape index (κ2) is 5.09. The van der Waals surface area contributed by atoms with Gasteiger partial charge in [-0.25, -0.2) is 0 Å². The fraction of sp³-hybridized carbons (Fsp3) is 0.500. The molecular weight excluding hydrogens is 246 g/mol. The van der Waals surface area contributed by atoms with Gasteiger partial charge in [0.1, 0.15) is 11.5 Å². The molecule has 3 N–H and O–H groups in total. The Labute approximate surface area is 112 Å². The molecule has 104 valence electrons. The molecule has 2 atom stereocenters. The van der Waals surface area contributed by atoms with Gasteiger partial charge in [0, 0.05) is 25.2 Å². The highest BCUT2D eigenvalue weighted by Gasteiger charge is 2.37. The number of aliphatic carboxylic acids is 1. The fourth-order valence-electron chi connectivity index (χ4n) is 2.45. The standard InChI is InChI=1S/C14H19NO4/c1-8(14(18)19)11-6-15(7-11)9(2)10-3-12(16)5-13(17)4-10/h3-5,8-9,11,16-17H,6-7H2,1-2H3,(H,18,19). The lowest BCUT2D eigenvalue weighted by molar-refractivity contribution is -0.145. The van der Waals surface area contributed by atoms with E-state index in [0.29, 0.717) is 0 Å². The molecule has 0 aromatic heterocycles. The third kappa shape index (κ3) is 2.81. The summed E-state index contributed by atoms with van der Waals surface area (Å²) in [5.41, 5.74) is 0.832. The Hall–Kier alpha value is -1.75. The number of carboxylic acid groups (broad SMARTS) is 1. The minimum absolute atomic E-state index is 0.0397. The van der Waals surface area contributed by atoms with Crippen molar-refractivity contribution in [1.29, 1.82) is 0 Å². The van der Waals surface area contributed by atoms with Gasteiger partial charge in [0.2, 0.25) is 0 Å². The molecule has 1 aromatic rings. The summed E-state index contributed by atoms with van der Waals surface area (Å²) in [6.07, 6.45) is 0. The van der Waals surface area contributed by atoms with Crippen LogP contribution < -0.4 is 0 Å². The first-order valence-electron chi connectivity index (χ1n) is 6.38. The Morgan fingerprint density at radius 3 is 2.21 bits per heavy atom. The van der Waals surface area contributed by atoms with Crippen molar-refractivity contribution < 1.29 is 20.1 Å². The zero-order valence-electron chi connectivity index (χ0n) is 11.1. The summed E-state index contributed by atoms with van der Waals surface area (Å²) in [5.74, 6) is -0.838. The van der Waals surface area contributed by atoms with E-state index >= 15 is 0 Å². The molecule has 5 heteroatoms. The average Bonchev–Trinajstić information content (AvgIpc) is 2.25. The number of phenolic OH excluding ortho intramolecular Hbond substituents is 2. The maximum Gasteiger partial charge on any atom is 0.306 e. The molecule has 1 aromatic carbocycles. The zero-order chi connectivity index (χ0) is 14.2. The van der Waals surface area contributed by atoms with E-state index in [2.05, 4.69) is 4.90 Å². The lowest BCUT2D eigenvalue weighted by Gasteiger charge is -2.45. The highest BCUT2D eigenvalue weighted by atomic mass is 16.4. The minimum Gasteiger partial charge on any atom is -0.508 e. The summed E-state index contributed by atoms with van der Waals surface area (Å²) in [7, 11) is 0. The number of rotatable bonds is 4. The molecule has 0 saturated carbocycles. The molecule has 1 fully saturated rings. The number of carboxylic acids is 1. The predicted octanol–water partition coefficient (Wildman–Crippen LogP) is 1.81. The highest BCUT2D eigenvalue weighted by molar-refractivity contribution is 5.70. The molecule has 19 heavy (non-hydrogen) atoms. The van der Waals surface area contributed by atoms with Crippen LogP contribution in [0, 0.1) is 11.8 Å². The number of nitrogens with zero attached hydrogens (tertiary/aromatic N) is 1. The number of hydrogen-bond acceptors (Lipinski definition) is 4. The minimum atomic E-state index is -0.757. The first-order valence-corrected chi connectivity index (χ1v) is 6.38. The largest absolute Gasteiger partial charge is 0.508 e. The molecular formula is C14H19NO4. The van der Waals surface area contributed by atoms with Crippen LogP contribution in [0.25, 0.3) is 0 Å². The van der Waals surface area contributed by atoms with Crippen LogP contribution in [0.2, 0.25) is 0 Å². The second-order valence-corrected chi connectivity index (χ2v) is 5.30. The number of likely N-dealkylation sites (tertiary alicyclic amines) is 1. The Morgan fingerprint density at radius 1 is 1.21 bits per heavy atom. The first kappa shape index (κ1) is 13.7. The van der Waals surface area contributed by atoms with E-state index in [4.69, 9.17) is 5.11 Å². The lowest BCUT2D eigenvalue weighted by atomic mass is 9.85. The van der Waals surface area contributed by atoms with Crippen LogP contribution in [-0.4, -0.2) is 39.3 Å². The van der Waals surface area contributed by atoms with Crippen molar-refractivity contribution in [2.75, 3.05) is 13.1 Å². The van der Waals surface area contributed by atoms with Crippen molar-refractivity contribution >= 4 is 5.97 Å². The molecule has 2 unspecified atom stereocenters. The van der Waals surface area contributed by atoms with E-state index in [9.17, 15) is 15.0 Å². The van der Waals surface area contributed by atoms with Crippen LogP contribution in [0.5, 0.6) is 11.5 Å². The van der Waals surface area contributed by atoms with Crippen molar-refractivity contribution in [2.45, 2.75) is 19.9 Å². The van der Waals surface area contributed by atoms with Crippen molar-refractivity contribution in [3.05, 3.63) is 23.8 Å². The predicted molar refractivity (Wildman–Crippen MR) is 70.0 cm³/mol. The summed E-state index contributed by atoms with van der Waals surface area (Å²) in [6, 6.07) is 4.59. The molecule has 0 amide bonds. The molecule has 5 nitrogen and oxygen atoms in total. The maximum atomic E-state index is 10.9. The van der Waals surface area contributed by atoms with Gasteiger partial charge >= 0.3 is 5.97 Å². The van der Waals surface area contributed by atoms with Crippen molar-refractivity contribution in [3.63, 3.8) is 0 Å². The molecule has 1 heterocycles. The zero-order valence-corrected chi connectivity index (χ0v) is 11.1. The Kier molecular flexibility index (Phi) is 3.66. The smallest absolute Gasteiger partial charge is 0.306 e. The molecule has 2 rings (SSSR count). The van der Waals surface area contributed by atoms with Gasteiger partial charge in [-0.3, -0.25) is 9.69 Å². The van der Waals surface area contributed by atoms with Crippen LogP contribution in [0.4, 0.5) is 0 Å². The van der Waals surface area contributed by atoms with Gasteiger partial charge in [0.25, 0.3) is 0 Å². The summed E-state index contributed by atoms with van der Waals surface area (Å²) in [5, 5.41) is 27.9. The van der Waals surface area contributed by atoms with Gasteiger partial charge in [-0.05, 0) is 30.5 Å². The van der Waals surface area contributed by atoms with Gasteiger partial charge in [-0.1, -0.05) is 6.92 Å². The molecule has 0 spiro atoms. The maximum absolute atomic E-state index is 10.9. The van der Waals surface area contributed by atoms with E-state index < -0.39 is 5.97 Å². The summed E-state index contributed by atoms with van der Waals surface area (Å²) in [6.45, 7) is 5.17. The van der Waals surface area contributed by atoms with Gasteiger partial charge in [-0.15, -0.1) is 0 Å². The summed E-state index contributed by atoms with van der Waals surface area (Å²) in [4.78, 5) is 13.0. The monoisotopic (exact) mass is 265 g/mol. The first-order chi connectivity index (χ1) is 8.88. The number of carbonyl (C=O) groups is 1. The third-order valence-electron chi connectivity index (χ3n) is 3.99. The Balaban J connectivity index is 1.99. The number of aromatic hydroxyl groups is 2. The average molecular weight is 265 g/mol. The second-order valence-electron chi connectivity index (χ2n) is 5.30. The summed E-state index contributed by atoms with van der Waals surface area (Å²) >= 11 is 0. The molecule has 0 bridgehead atoms. The van der Waals surface area contributed by atoms with Gasteiger partial charge < -0.3 is 15.3 Å². The third-order valence-corrected chi connectivity index (χ3v) is 3.99. The SMILES string of the molecule is CC(C(=O)O)C1CN(C(C)c2cc(O)cc(O)c2)C1. The van der Waals surface area contributed by atoms with Crippen LogP contribution >= 0.6 is 0 Å². The van der Waals surface area contributed by atoms with Crippen LogP contribution in [0.1, 0.15) is 25.5 Å². The lowest BCUT2D eigenvalue weighted by Crippen LogP contribution is -2.51. The number of hydrogen-bond donors (Lipinski definition) is 3. The topological polar surface area (TPSA) is 81.0 Å². The van der Waals surface area contributed by atoms with Crippen LogP contribution in [0.3, 0.4) is 0 Å². The van der Waals surface area contributed by atoms with Gasteiger partial charge in [0.05, 0.1) is 5.92 Å². The quantitative estimate of drug-likeness (QED) is 0.773. The van der Waals surface area contributed by atoms with Gasteiger partial charge in [-0.2, -0.15) is 0 Å². The van der Waals surface area contributed by atoms with Crippen molar-refractivity contribution in [2.24, 2.45) is 11.8 Å². The molecule has 0 aliphatic carbocycles. The molecule has 1 aliphatic rings. The van der Waals surface area contributed by atoms with Crippen molar-refractivity contribution in [1.82, 2.24) is 4.90 Å². The van der Waals surface area contributed by atoms with Crippen LogP contribution in [0.15, 0.2) is 18.2 Å². The van der Waals surface area contributed by atoms with Crippen molar-refractivity contribution in [3.8, 4) is 11.5 Å². The number of phenols is 2. The Morgan fingerprint density at radius 2 is 1.74 bits per heavy atom. The normalized spacial score (nSPS) is 19.7. The summed E-state index contributed by atoms with van der Waals surface area (Å²) < 4.78 is 0. The van der Waals surface area contributed by atoms with E-state index in [1.165, 1.54) is 6.07 Å². The molecule has 0 radical (unpaired) electrons. The highest BCUT2D eigenvalue weighted by Crippen LogP contribution is 2.34. The molecule has 1 saturated heterocycles. The Bertz CT molecular complexity index is 462. The van der Waals surface area contributed by atoms with E-state index in [1.54, 1.807) is 19.1 Å². The van der Waals surface area contributed by atoms with E-state index in [-0.39, 0.29) is 29.4 Å². The van der Waals surface area contributed by atoms with E-state index in [0.717, 1.165) is 18.7 Å². The molecule has 1 aliphatic heterocycles. The van der Waals surface area contributed by atoms with E-state index in [1.807, 2.05) is 6.92 Å². The number of benzene rings is 1. The van der Waals surface area contributed by atoms with Gasteiger partial charge in [0.15, 0.2) is 0 Å². The van der Waals surface area contributed by atoms with Crippen LogP contribution in [-0.2, 0) is 4.79 Å².